The number of pyridine rings is 1. The molecule has 1 aromatic rings. The summed E-state index contributed by atoms with van der Waals surface area (Å²) in [5.74, 6) is 0.525. The van der Waals surface area contributed by atoms with E-state index in [-0.39, 0.29) is 11.5 Å². The number of nitrogens with one attached hydrogen (secondary N) is 1. The molecule has 5 nitrogen and oxygen atoms in total. The zero-order chi connectivity index (χ0) is 14.5. The summed E-state index contributed by atoms with van der Waals surface area (Å²) < 4.78 is 1.95. The zero-order valence-electron chi connectivity index (χ0n) is 11.6. The molecule has 0 amide bonds. The molecule has 0 saturated heterocycles. The molecule has 1 N–H and O–H groups in total. The second-order valence-electron chi connectivity index (χ2n) is 5.25. The Bertz CT molecular complexity index is 472. The number of anilines is 1. The topological polar surface area (TPSA) is 64.3 Å². The first-order chi connectivity index (χ1) is 8.86. The van der Waals surface area contributed by atoms with Crippen molar-refractivity contribution < 1.29 is 0 Å². The first-order valence-electron chi connectivity index (χ1n) is 5.95. The highest BCUT2D eigenvalue weighted by Crippen LogP contribution is 2.27. The Morgan fingerprint density at radius 3 is 2.53 bits per heavy atom. The lowest BCUT2D eigenvalue weighted by Crippen LogP contribution is -2.42. The minimum atomic E-state index is 0.0807. The summed E-state index contributed by atoms with van der Waals surface area (Å²) in [6.45, 7) is 8.56. The molecule has 0 bridgehead atoms. The van der Waals surface area contributed by atoms with Crippen molar-refractivity contribution in [3.05, 3.63) is 24.5 Å². The third-order valence-electron chi connectivity index (χ3n) is 2.89. The van der Waals surface area contributed by atoms with Gasteiger partial charge in [0.15, 0.2) is 0 Å². The van der Waals surface area contributed by atoms with Crippen LogP contribution in [0.25, 0.3) is 0 Å². The molecule has 102 valence electrons. The van der Waals surface area contributed by atoms with Crippen LogP contribution in [0.5, 0.6) is 0 Å². The fraction of sp³-hybridized carbons (Fsp3) is 0.462. The summed E-state index contributed by atoms with van der Waals surface area (Å²) in [4.78, 5) is 7.82. The summed E-state index contributed by atoms with van der Waals surface area (Å²) in [6, 6.07) is 3.88. The SMILES string of the molecule is CC(N(I)C(=NC#N)Nc1ccncc1)C(C)(C)C. The van der Waals surface area contributed by atoms with Gasteiger partial charge in [0.1, 0.15) is 0 Å². The average Bonchev–Trinajstić information content (AvgIpc) is 2.36. The Morgan fingerprint density at radius 1 is 1.47 bits per heavy atom. The maximum atomic E-state index is 8.83. The lowest BCUT2D eigenvalue weighted by atomic mass is 9.88. The lowest BCUT2D eigenvalue weighted by Gasteiger charge is -2.35. The summed E-state index contributed by atoms with van der Waals surface area (Å²) in [5, 5.41) is 12.0. The number of aliphatic imine (C=N–C) groups is 1. The van der Waals surface area contributed by atoms with Crippen LogP contribution < -0.4 is 5.32 Å². The van der Waals surface area contributed by atoms with Crippen molar-refractivity contribution >= 4 is 34.5 Å². The molecule has 0 aliphatic rings. The molecular formula is C13H18IN5. The van der Waals surface area contributed by atoms with Crippen molar-refractivity contribution in [3.63, 3.8) is 0 Å². The van der Waals surface area contributed by atoms with E-state index in [1.54, 1.807) is 12.4 Å². The second kappa shape index (κ2) is 6.70. The Labute approximate surface area is 128 Å². The Balaban J connectivity index is 2.91. The number of nitrogens with zero attached hydrogens (tertiary/aromatic N) is 4. The molecule has 1 unspecified atom stereocenters. The van der Waals surface area contributed by atoms with Crippen LogP contribution in [-0.4, -0.2) is 20.1 Å². The molecule has 0 fully saturated rings. The predicted molar refractivity (Wildman–Crippen MR) is 85.7 cm³/mol. The minimum Gasteiger partial charge on any atom is -0.325 e. The van der Waals surface area contributed by atoms with Crippen molar-refractivity contribution in [1.29, 1.82) is 5.26 Å². The van der Waals surface area contributed by atoms with E-state index in [0.717, 1.165) is 5.69 Å². The Morgan fingerprint density at radius 2 is 2.05 bits per heavy atom. The summed E-state index contributed by atoms with van der Waals surface area (Å²) in [5.41, 5.74) is 0.934. The molecule has 19 heavy (non-hydrogen) atoms. The van der Waals surface area contributed by atoms with E-state index in [1.807, 2.05) is 21.4 Å². The summed E-state index contributed by atoms with van der Waals surface area (Å²) in [6.07, 6.45) is 5.22. The summed E-state index contributed by atoms with van der Waals surface area (Å²) >= 11 is 2.18. The molecule has 1 heterocycles. The van der Waals surface area contributed by atoms with Crippen LogP contribution in [0.15, 0.2) is 29.5 Å². The first-order valence-corrected chi connectivity index (χ1v) is 6.91. The lowest BCUT2D eigenvalue weighted by molar-refractivity contribution is 0.270. The zero-order valence-corrected chi connectivity index (χ0v) is 13.7. The maximum absolute atomic E-state index is 8.83. The second-order valence-corrected chi connectivity index (χ2v) is 6.29. The third-order valence-corrected chi connectivity index (χ3v) is 4.18. The van der Waals surface area contributed by atoms with Crippen molar-refractivity contribution in [3.8, 4) is 6.19 Å². The van der Waals surface area contributed by atoms with Crippen molar-refractivity contribution in [1.82, 2.24) is 8.10 Å². The van der Waals surface area contributed by atoms with Crippen molar-refractivity contribution in [2.75, 3.05) is 5.32 Å². The molecular weight excluding hydrogens is 353 g/mol. The van der Waals surface area contributed by atoms with Gasteiger partial charge in [-0.15, -0.1) is 4.99 Å². The highest BCUT2D eigenvalue weighted by molar-refractivity contribution is 14.1. The number of aromatic nitrogens is 1. The number of rotatable bonds is 2. The van der Waals surface area contributed by atoms with Crippen LogP contribution in [0.1, 0.15) is 27.7 Å². The van der Waals surface area contributed by atoms with E-state index >= 15 is 0 Å². The molecule has 0 aliphatic heterocycles. The van der Waals surface area contributed by atoms with Gasteiger partial charge in [-0.2, -0.15) is 5.26 Å². The van der Waals surface area contributed by atoms with E-state index in [9.17, 15) is 0 Å². The quantitative estimate of drug-likeness (QED) is 0.285. The fourth-order valence-corrected chi connectivity index (χ4v) is 2.33. The number of halogens is 1. The van der Waals surface area contributed by atoms with E-state index in [0.29, 0.717) is 5.96 Å². The molecule has 0 aromatic carbocycles. The van der Waals surface area contributed by atoms with Crippen LogP contribution in [0.4, 0.5) is 5.69 Å². The molecule has 0 radical (unpaired) electrons. The van der Waals surface area contributed by atoms with Crippen LogP contribution in [0.3, 0.4) is 0 Å². The van der Waals surface area contributed by atoms with Gasteiger partial charge in [-0.3, -0.25) is 8.10 Å². The highest BCUT2D eigenvalue weighted by atomic mass is 127. The van der Waals surface area contributed by atoms with Gasteiger partial charge < -0.3 is 5.32 Å². The van der Waals surface area contributed by atoms with Gasteiger partial charge in [0.25, 0.3) is 0 Å². The van der Waals surface area contributed by atoms with Gasteiger partial charge in [-0.05, 0) is 24.5 Å². The van der Waals surface area contributed by atoms with Crippen LogP contribution >= 0.6 is 22.9 Å². The van der Waals surface area contributed by atoms with E-state index in [1.165, 1.54) is 0 Å². The molecule has 6 heteroatoms. The van der Waals surface area contributed by atoms with Gasteiger partial charge in [0.05, 0.1) is 22.9 Å². The molecule has 1 aromatic heterocycles. The van der Waals surface area contributed by atoms with Gasteiger partial charge in [-0.1, -0.05) is 20.8 Å². The highest BCUT2D eigenvalue weighted by Gasteiger charge is 2.27. The molecule has 1 rings (SSSR count). The van der Waals surface area contributed by atoms with E-state index in [4.69, 9.17) is 5.26 Å². The number of nitriles is 1. The predicted octanol–water partition coefficient (Wildman–Crippen LogP) is 3.42. The van der Waals surface area contributed by atoms with E-state index in [2.05, 4.69) is 65.9 Å². The standard InChI is InChI=1S/C13H18IN5/c1-10(13(2,3)4)19(14)12(17-9-15)18-11-5-7-16-8-6-11/h5-8,10H,1-4H3,(H,16,17,18). The average molecular weight is 371 g/mol. The van der Waals surface area contributed by atoms with Crippen LogP contribution in [0, 0.1) is 16.9 Å². The number of guanidine groups is 1. The van der Waals surface area contributed by atoms with Gasteiger partial charge in [0.2, 0.25) is 12.2 Å². The minimum absolute atomic E-state index is 0.0807. The van der Waals surface area contributed by atoms with Crippen LogP contribution in [0.2, 0.25) is 0 Å². The van der Waals surface area contributed by atoms with Crippen LogP contribution in [-0.2, 0) is 0 Å². The Hall–Kier alpha value is -1.36. The maximum Gasteiger partial charge on any atom is 0.223 e. The normalized spacial score (nSPS) is 13.6. The largest absolute Gasteiger partial charge is 0.325 e. The summed E-state index contributed by atoms with van der Waals surface area (Å²) in [7, 11) is 0. The van der Waals surface area contributed by atoms with Gasteiger partial charge in [0, 0.05) is 24.1 Å². The fourth-order valence-electron chi connectivity index (χ4n) is 1.26. The Kier molecular flexibility index (Phi) is 5.54. The molecule has 0 aliphatic carbocycles. The molecule has 0 spiro atoms. The van der Waals surface area contributed by atoms with Gasteiger partial charge in [-0.25, -0.2) is 0 Å². The molecule has 1 atom stereocenters. The monoisotopic (exact) mass is 371 g/mol. The first kappa shape index (κ1) is 15.7. The smallest absolute Gasteiger partial charge is 0.223 e. The molecule has 0 saturated carbocycles. The van der Waals surface area contributed by atoms with Gasteiger partial charge >= 0.3 is 0 Å². The number of hydrogen-bond donors (Lipinski definition) is 1. The third kappa shape index (κ3) is 4.67. The van der Waals surface area contributed by atoms with E-state index < -0.39 is 0 Å². The van der Waals surface area contributed by atoms with Crippen molar-refractivity contribution in [2.45, 2.75) is 33.7 Å². The van der Waals surface area contributed by atoms with Crippen molar-refractivity contribution in [2.24, 2.45) is 10.4 Å². The number of hydrogen-bond acceptors (Lipinski definition) is 3.